The molecular weight excluding hydrogens is 316 g/mol. The first-order valence-electron chi connectivity index (χ1n) is 6.74. The van der Waals surface area contributed by atoms with Crippen LogP contribution in [0.3, 0.4) is 0 Å². The molecule has 0 unspecified atom stereocenters. The molecule has 0 radical (unpaired) electrons. The third-order valence-electron chi connectivity index (χ3n) is 3.01. The molecule has 3 rings (SSSR count). The van der Waals surface area contributed by atoms with Gasteiger partial charge in [-0.05, 0) is 36.0 Å². The van der Waals surface area contributed by atoms with E-state index in [9.17, 15) is 14.4 Å². The molecule has 3 amide bonds. The van der Waals surface area contributed by atoms with E-state index in [1.807, 2.05) is 6.07 Å². The van der Waals surface area contributed by atoms with Crippen LogP contribution in [0.25, 0.3) is 17.4 Å². The lowest BCUT2D eigenvalue weighted by Gasteiger charge is -2.03. The molecule has 7 heteroatoms. The zero-order valence-electron chi connectivity index (χ0n) is 12.1. The fourth-order valence-corrected chi connectivity index (χ4v) is 2.75. The summed E-state index contributed by atoms with van der Waals surface area (Å²) in [6.45, 7) is 1.44. The Balaban J connectivity index is 1.85. The van der Waals surface area contributed by atoms with Gasteiger partial charge in [-0.25, -0.2) is 0 Å². The normalized spacial score (nSPS) is 15.8. The van der Waals surface area contributed by atoms with E-state index in [2.05, 4.69) is 10.6 Å². The van der Waals surface area contributed by atoms with E-state index in [4.69, 9.17) is 4.42 Å². The Hall–Kier alpha value is -2.80. The lowest BCUT2D eigenvalue weighted by Crippen LogP contribution is -2.17. The maximum Gasteiger partial charge on any atom is 0.290 e. The summed E-state index contributed by atoms with van der Waals surface area (Å²) in [5.41, 5.74) is 1.46. The highest BCUT2D eigenvalue weighted by Crippen LogP contribution is 2.29. The quantitative estimate of drug-likeness (QED) is 0.845. The van der Waals surface area contributed by atoms with Crippen molar-refractivity contribution in [3.8, 4) is 11.3 Å². The minimum atomic E-state index is -0.425. The number of hydrogen-bond acceptors (Lipinski definition) is 5. The monoisotopic (exact) mass is 328 g/mol. The molecule has 0 saturated carbocycles. The van der Waals surface area contributed by atoms with Crippen LogP contribution in [0.4, 0.5) is 10.5 Å². The third kappa shape index (κ3) is 3.51. The van der Waals surface area contributed by atoms with E-state index < -0.39 is 11.1 Å². The second-order valence-electron chi connectivity index (χ2n) is 4.82. The van der Waals surface area contributed by atoms with E-state index >= 15 is 0 Å². The maximum atomic E-state index is 11.5. The molecule has 1 fully saturated rings. The number of thioether (sulfide) groups is 1. The summed E-state index contributed by atoms with van der Waals surface area (Å²) >= 11 is 0.837. The largest absolute Gasteiger partial charge is 0.457 e. The summed E-state index contributed by atoms with van der Waals surface area (Å²) in [6.07, 6.45) is 1.52. The number of anilines is 1. The summed E-state index contributed by atoms with van der Waals surface area (Å²) in [4.78, 5) is 34.0. The number of imide groups is 1. The molecular formula is C16H12N2O4S. The van der Waals surface area contributed by atoms with Crippen molar-refractivity contribution in [2.75, 3.05) is 5.32 Å². The molecule has 23 heavy (non-hydrogen) atoms. The predicted octanol–water partition coefficient (Wildman–Crippen LogP) is 3.23. The zero-order chi connectivity index (χ0) is 16.4. The number of carbonyl (C=O) groups excluding carboxylic acids is 3. The van der Waals surface area contributed by atoms with E-state index in [1.165, 1.54) is 13.0 Å². The van der Waals surface area contributed by atoms with Gasteiger partial charge in [0, 0.05) is 24.3 Å². The smallest absolute Gasteiger partial charge is 0.290 e. The first-order chi connectivity index (χ1) is 11.0. The summed E-state index contributed by atoms with van der Waals surface area (Å²) in [6, 6.07) is 10.7. The molecule has 1 saturated heterocycles. The molecule has 1 aromatic carbocycles. The molecule has 116 valence electrons. The highest BCUT2D eigenvalue weighted by Gasteiger charge is 2.25. The number of hydrogen-bond donors (Lipinski definition) is 2. The Bertz CT molecular complexity index is 838. The maximum absolute atomic E-state index is 11.5. The molecule has 1 aliphatic heterocycles. The molecule has 2 N–H and O–H groups in total. The molecule has 1 aromatic heterocycles. The molecule has 2 heterocycles. The molecule has 0 bridgehead atoms. The lowest BCUT2D eigenvalue weighted by molar-refractivity contribution is -0.115. The number of amides is 3. The Labute approximate surface area is 135 Å². The summed E-state index contributed by atoms with van der Waals surface area (Å²) < 4.78 is 5.68. The van der Waals surface area contributed by atoms with Crippen LogP contribution in [0.2, 0.25) is 0 Å². The molecule has 0 atom stereocenters. The first kappa shape index (κ1) is 15.1. The summed E-state index contributed by atoms with van der Waals surface area (Å²) in [7, 11) is 0. The van der Waals surface area contributed by atoms with E-state index in [0.717, 1.165) is 17.3 Å². The van der Waals surface area contributed by atoms with Gasteiger partial charge in [0.25, 0.3) is 11.1 Å². The number of rotatable bonds is 3. The first-order valence-corrected chi connectivity index (χ1v) is 7.55. The van der Waals surface area contributed by atoms with Gasteiger partial charge in [0.2, 0.25) is 5.91 Å². The average molecular weight is 328 g/mol. The van der Waals surface area contributed by atoms with E-state index in [0.29, 0.717) is 22.1 Å². The molecule has 2 aromatic rings. The molecule has 0 aliphatic carbocycles. The van der Waals surface area contributed by atoms with Crippen LogP contribution < -0.4 is 10.6 Å². The van der Waals surface area contributed by atoms with Crippen molar-refractivity contribution in [2.45, 2.75) is 6.92 Å². The van der Waals surface area contributed by atoms with Gasteiger partial charge >= 0.3 is 0 Å². The van der Waals surface area contributed by atoms with Crippen molar-refractivity contribution < 1.29 is 18.8 Å². The number of carbonyl (C=O) groups is 3. The number of furan rings is 1. The van der Waals surface area contributed by atoms with Crippen molar-refractivity contribution in [3.63, 3.8) is 0 Å². The second-order valence-corrected chi connectivity index (χ2v) is 5.83. The van der Waals surface area contributed by atoms with Gasteiger partial charge in [0.05, 0.1) is 4.91 Å². The van der Waals surface area contributed by atoms with Crippen LogP contribution in [0, 0.1) is 0 Å². The van der Waals surface area contributed by atoms with Gasteiger partial charge in [0.1, 0.15) is 11.5 Å². The van der Waals surface area contributed by atoms with Crippen molar-refractivity contribution in [1.82, 2.24) is 5.32 Å². The van der Waals surface area contributed by atoms with Gasteiger partial charge in [-0.1, -0.05) is 12.1 Å². The van der Waals surface area contributed by atoms with Crippen LogP contribution in [0.15, 0.2) is 45.7 Å². The summed E-state index contributed by atoms with van der Waals surface area (Å²) in [5.74, 6) is 0.489. The SMILES string of the molecule is CC(=O)Nc1cccc(-c2ccc(/C=C3/SC(=O)NC3=O)o2)c1. The van der Waals surface area contributed by atoms with Gasteiger partial charge in [-0.3, -0.25) is 19.7 Å². The van der Waals surface area contributed by atoms with Crippen molar-refractivity contribution in [1.29, 1.82) is 0 Å². The Kier molecular flexibility index (Phi) is 4.03. The van der Waals surface area contributed by atoms with E-state index in [1.54, 1.807) is 30.3 Å². The zero-order valence-corrected chi connectivity index (χ0v) is 12.9. The standard InChI is InChI=1S/C16H12N2O4S/c1-9(19)17-11-4-2-3-10(7-11)13-6-5-12(22-13)8-14-15(20)18-16(21)23-14/h2-8H,1H3,(H,17,19)(H,18,20,21)/b14-8+. The number of benzene rings is 1. The van der Waals surface area contributed by atoms with Crippen molar-refractivity contribution in [3.05, 3.63) is 47.1 Å². The minimum Gasteiger partial charge on any atom is -0.457 e. The van der Waals surface area contributed by atoms with Crippen LogP contribution >= 0.6 is 11.8 Å². The van der Waals surface area contributed by atoms with Gasteiger partial charge in [-0.2, -0.15) is 0 Å². The van der Waals surface area contributed by atoms with Crippen LogP contribution in [0.1, 0.15) is 12.7 Å². The topological polar surface area (TPSA) is 88.4 Å². The van der Waals surface area contributed by atoms with Gasteiger partial charge in [0.15, 0.2) is 0 Å². The Morgan fingerprint density at radius 2 is 2.09 bits per heavy atom. The number of nitrogens with one attached hydrogen (secondary N) is 2. The summed E-state index contributed by atoms with van der Waals surface area (Å²) in [5, 5.41) is 4.50. The molecule has 0 spiro atoms. The third-order valence-corrected chi connectivity index (χ3v) is 3.82. The van der Waals surface area contributed by atoms with Gasteiger partial charge in [-0.15, -0.1) is 0 Å². The van der Waals surface area contributed by atoms with Crippen LogP contribution in [-0.2, 0) is 9.59 Å². The van der Waals surface area contributed by atoms with Crippen LogP contribution in [0.5, 0.6) is 0 Å². The molecule has 6 nitrogen and oxygen atoms in total. The predicted molar refractivity (Wildman–Crippen MR) is 87.6 cm³/mol. The van der Waals surface area contributed by atoms with E-state index in [-0.39, 0.29) is 5.91 Å². The fraction of sp³-hybridized carbons (Fsp3) is 0.0625. The van der Waals surface area contributed by atoms with Crippen LogP contribution in [-0.4, -0.2) is 17.1 Å². The van der Waals surface area contributed by atoms with Gasteiger partial charge < -0.3 is 9.73 Å². The average Bonchev–Trinajstić information content (AvgIpc) is 3.06. The highest BCUT2D eigenvalue weighted by molar-refractivity contribution is 8.18. The van der Waals surface area contributed by atoms with Crippen molar-refractivity contribution >= 4 is 40.6 Å². The Morgan fingerprint density at radius 3 is 2.78 bits per heavy atom. The minimum absolute atomic E-state index is 0.152. The lowest BCUT2D eigenvalue weighted by atomic mass is 10.1. The fourth-order valence-electron chi connectivity index (χ4n) is 2.09. The highest BCUT2D eigenvalue weighted by atomic mass is 32.2. The Morgan fingerprint density at radius 1 is 1.26 bits per heavy atom. The van der Waals surface area contributed by atoms with Crippen molar-refractivity contribution in [2.24, 2.45) is 0 Å². The second kappa shape index (κ2) is 6.13. The molecule has 1 aliphatic rings.